The van der Waals surface area contributed by atoms with Crippen molar-refractivity contribution >= 4 is 0 Å². The van der Waals surface area contributed by atoms with Gasteiger partial charge in [-0.05, 0) is 62.5 Å². The molecule has 2 aliphatic rings. The third-order valence-corrected chi connectivity index (χ3v) is 4.96. The van der Waals surface area contributed by atoms with Gasteiger partial charge < -0.3 is 9.84 Å². The molecular weight excluding hydrogens is 236 g/mol. The van der Waals surface area contributed by atoms with E-state index in [1.165, 1.54) is 31.2 Å². The van der Waals surface area contributed by atoms with Gasteiger partial charge in [0.2, 0.25) is 0 Å². The Kier molecular flexibility index (Phi) is 3.53. The van der Waals surface area contributed by atoms with E-state index in [9.17, 15) is 5.11 Å². The molecule has 2 aliphatic carbocycles. The van der Waals surface area contributed by atoms with Crippen molar-refractivity contribution in [2.24, 2.45) is 17.8 Å². The molecule has 2 heteroatoms. The van der Waals surface area contributed by atoms with E-state index >= 15 is 0 Å². The Bertz CT molecular complexity index is 453. The van der Waals surface area contributed by atoms with Crippen molar-refractivity contribution < 1.29 is 9.84 Å². The average molecular weight is 260 g/mol. The lowest BCUT2D eigenvalue weighted by Gasteiger charge is -2.23. The van der Waals surface area contributed by atoms with Gasteiger partial charge in [-0.15, -0.1) is 0 Å². The Labute approximate surface area is 115 Å². The lowest BCUT2D eigenvalue weighted by Crippen LogP contribution is -2.19. The number of hydrogen-bond acceptors (Lipinski definition) is 2. The molecule has 2 nitrogen and oxygen atoms in total. The molecule has 0 radical (unpaired) electrons. The number of aryl methyl sites for hydroxylation is 1. The fraction of sp³-hybridized carbons (Fsp3) is 0.647. The summed E-state index contributed by atoms with van der Waals surface area (Å²) in [6, 6.07) is 6.07. The highest BCUT2D eigenvalue weighted by molar-refractivity contribution is 5.38. The zero-order valence-electron chi connectivity index (χ0n) is 11.9. The summed E-state index contributed by atoms with van der Waals surface area (Å²) in [6.45, 7) is 4.69. The van der Waals surface area contributed by atoms with Crippen LogP contribution in [0.5, 0.6) is 5.75 Å². The molecule has 1 aromatic rings. The third-order valence-electron chi connectivity index (χ3n) is 4.96. The lowest BCUT2D eigenvalue weighted by atomic mass is 9.89. The van der Waals surface area contributed by atoms with E-state index in [2.05, 4.69) is 13.0 Å². The van der Waals surface area contributed by atoms with E-state index in [-0.39, 0.29) is 0 Å². The molecule has 0 saturated heterocycles. The van der Waals surface area contributed by atoms with Crippen LogP contribution >= 0.6 is 0 Å². The first kappa shape index (κ1) is 13.0. The van der Waals surface area contributed by atoms with Crippen molar-refractivity contribution in [2.45, 2.75) is 45.6 Å². The zero-order valence-corrected chi connectivity index (χ0v) is 11.9. The molecule has 0 aliphatic heterocycles. The minimum absolute atomic E-state index is 0.462. The van der Waals surface area contributed by atoms with Gasteiger partial charge in [-0.25, -0.2) is 0 Å². The summed E-state index contributed by atoms with van der Waals surface area (Å²) in [4.78, 5) is 0. The van der Waals surface area contributed by atoms with Crippen molar-refractivity contribution in [3.05, 3.63) is 29.3 Å². The van der Waals surface area contributed by atoms with Gasteiger partial charge >= 0.3 is 0 Å². The fourth-order valence-electron chi connectivity index (χ4n) is 3.89. The third kappa shape index (κ3) is 2.64. The summed E-state index contributed by atoms with van der Waals surface area (Å²) in [5.74, 6) is 3.47. The molecule has 0 spiro atoms. The maximum atomic E-state index is 9.81. The van der Waals surface area contributed by atoms with Crippen molar-refractivity contribution in [1.29, 1.82) is 0 Å². The van der Waals surface area contributed by atoms with Crippen molar-refractivity contribution in [3.8, 4) is 5.75 Å². The highest BCUT2D eigenvalue weighted by Gasteiger charge is 2.39. The van der Waals surface area contributed by atoms with Crippen LogP contribution in [0, 0.1) is 24.7 Å². The van der Waals surface area contributed by atoms with Crippen LogP contribution < -0.4 is 4.74 Å². The number of aliphatic hydroxyl groups excluding tert-OH is 1. The Morgan fingerprint density at radius 1 is 1.32 bits per heavy atom. The van der Waals surface area contributed by atoms with E-state index in [4.69, 9.17) is 4.74 Å². The van der Waals surface area contributed by atoms with Gasteiger partial charge in [-0.2, -0.15) is 0 Å². The van der Waals surface area contributed by atoms with Gasteiger partial charge in [0.1, 0.15) is 5.75 Å². The Morgan fingerprint density at radius 2 is 2.16 bits per heavy atom. The van der Waals surface area contributed by atoms with Gasteiger partial charge in [0.15, 0.2) is 0 Å². The van der Waals surface area contributed by atoms with Crippen LogP contribution in [-0.4, -0.2) is 11.7 Å². The van der Waals surface area contributed by atoms with Gasteiger partial charge in [0.25, 0.3) is 0 Å². The standard InChI is InChI=1S/C17H24O2/c1-11-3-6-16(12(2)18)17(7-11)19-10-15-9-13-4-5-14(15)8-13/h3,6-7,12-15,18H,4-5,8-10H2,1-2H3. The average Bonchev–Trinajstić information content (AvgIpc) is 2.98. The van der Waals surface area contributed by atoms with E-state index in [1.54, 1.807) is 6.92 Å². The van der Waals surface area contributed by atoms with Crippen LogP contribution in [0.4, 0.5) is 0 Å². The van der Waals surface area contributed by atoms with Gasteiger partial charge in [0.05, 0.1) is 12.7 Å². The molecule has 2 bridgehead atoms. The highest BCUT2D eigenvalue weighted by atomic mass is 16.5. The normalized spacial score (nSPS) is 30.6. The largest absolute Gasteiger partial charge is 0.493 e. The van der Waals surface area contributed by atoms with Crippen molar-refractivity contribution in [1.82, 2.24) is 0 Å². The summed E-state index contributed by atoms with van der Waals surface area (Å²) in [5.41, 5.74) is 2.10. The molecule has 0 amide bonds. The zero-order chi connectivity index (χ0) is 13.4. The fourth-order valence-corrected chi connectivity index (χ4v) is 3.89. The summed E-state index contributed by atoms with van der Waals surface area (Å²) < 4.78 is 6.06. The predicted octanol–water partition coefficient (Wildman–Crippen LogP) is 3.86. The van der Waals surface area contributed by atoms with Crippen LogP contribution in [0.1, 0.15) is 49.8 Å². The Morgan fingerprint density at radius 3 is 2.79 bits per heavy atom. The van der Waals surface area contributed by atoms with E-state index < -0.39 is 6.10 Å². The molecular formula is C17H24O2. The first-order chi connectivity index (χ1) is 9.13. The minimum Gasteiger partial charge on any atom is -0.493 e. The number of rotatable bonds is 4. The molecule has 4 atom stereocenters. The lowest BCUT2D eigenvalue weighted by molar-refractivity contribution is 0.172. The summed E-state index contributed by atoms with van der Waals surface area (Å²) >= 11 is 0. The van der Waals surface area contributed by atoms with Crippen LogP contribution in [0.25, 0.3) is 0 Å². The van der Waals surface area contributed by atoms with Crippen LogP contribution in [0.2, 0.25) is 0 Å². The second-order valence-corrected chi connectivity index (χ2v) is 6.46. The second-order valence-electron chi connectivity index (χ2n) is 6.46. The molecule has 4 unspecified atom stereocenters. The molecule has 1 aromatic carbocycles. The van der Waals surface area contributed by atoms with Crippen LogP contribution in [-0.2, 0) is 0 Å². The van der Waals surface area contributed by atoms with Crippen LogP contribution in [0.3, 0.4) is 0 Å². The number of fused-ring (bicyclic) bond motifs is 2. The van der Waals surface area contributed by atoms with Gasteiger partial charge in [-0.1, -0.05) is 18.6 Å². The minimum atomic E-state index is -0.462. The molecule has 2 fully saturated rings. The maximum Gasteiger partial charge on any atom is 0.125 e. The maximum absolute atomic E-state index is 9.81. The van der Waals surface area contributed by atoms with E-state index in [1.807, 2.05) is 12.1 Å². The Hall–Kier alpha value is -1.02. The second kappa shape index (κ2) is 5.16. The molecule has 19 heavy (non-hydrogen) atoms. The molecule has 0 heterocycles. The summed E-state index contributed by atoms with van der Waals surface area (Å²) in [5, 5.41) is 9.81. The molecule has 104 valence electrons. The van der Waals surface area contributed by atoms with E-state index in [0.717, 1.165) is 35.7 Å². The van der Waals surface area contributed by atoms with Crippen molar-refractivity contribution in [3.63, 3.8) is 0 Å². The van der Waals surface area contributed by atoms with Gasteiger partial charge in [-0.3, -0.25) is 0 Å². The quantitative estimate of drug-likeness (QED) is 0.890. The number of aliphatic hydroxyl groups is 1. The Balaban J connectivity index is 1.67. The molecule has 2 saturated carbocycles. The molecule has 1 N–H and O–H groups in total. The first-order valence-electron chi connectivity index (χ1n) is 7.55. The summed E-state index contributed by atoms with van der Waals surface area (Å²) in [7, 11) is 0. The first-order valence-corrected chi connectivity index (χ1v) is 7.55. The molecule has 3 rings (SSSR count). The summed E-state index contributed by atoms with van der Waals surface area (Å²) in [6.07, 6.45) is 5.14. The number of hydrogen-bond donors (Lipinski definition) is 1. The van der Waals surface area contributed by atoms with Gasteiger partial charge in [0, 0.05) is 5.56 Å². The SMILES string of the molecule is Cc1ccc(C(C)O)c(OCC2CC3CCC2C3)c1. The van der Waals surface area contributed by atoms with Crippen LogP contribution in [0.15, 0.2) is 18.2 Å². The monoisotopic (exact) mass is 260 g/mol. The smallest absolute Gasteiger partial charge is 0.125 e. The van der Waals surface area contributed by atoms with E-state index in [0.29, 0.717) is 0 Å². The number of benzene rings is 1. The highest BCUT2D eigenvalue weighted by Crippen LogP contribution is 2.48. The topological polar surface area (TPSA) is 29.5 Å². The molecule has 0 aromatic heterocycles. The predicted molar refractivity (Wildman–Crippen MR) is 76.2 cm³/mol. The van der Waals surface area contributed by atoms with Crippen molar-refractivity contribution in [2.75, 3.05) is 6.61 Å². The number of ether oxygens (including phenoxy) is 1.